The monoisotopic (exact) mass is 236 g/mol. The highest BCUT2D eigenvalue weighted by molar-refractivity contribution is 5.46. The molecule has 0 radical (unpaired) electrons. The topological polar surface area (TPSA) is 15.3 Å². The van der Waals surface area contributed by atoms with Crippen molar-refractivity contribution in [2.45, 2.75) is 38.8 Å². The molecule has 1 saturated heterocycles. The van der Waals surface area contributed by atoms with Gasteiger partial charge in [0.25, 0.3) is 0 Å². The molecule has 1 fully saturated rings. The second-order valence-corrected chi connectivity index (χ2v) is 5.01. The lowest BCUT2D eigenvalue weighted by Crippen LogP contribution is -2.43. The van der Waals surface area contributed by atoms with E-state index in [1.54, 1.807) is 12.1 Å². The number of halogens is 1. The molecule has 1 aromatic rings. The highest BCUT2D eigenvalue weighted by Crippen LogP contribution is 2.18. The first kappa shape index (κ1) is 12.4. The molecule has 0 aromatic heterocycles. The Labute approximate surface area is 103 Å². The van der Waals surface area contributed by atoms with Crippen LogP contribution in [0.1, 0.15) is 26.7 Å². The molecule has 2 unspecified atom stereocenters. The number of anilines is 1. The van der Waals surface area contributed by atoms with Gasteiger partial charge in [-0.1, -0.05) is 6.07 Å². The van der Waals surface area contributed by atoms with Crippen molar-refractivity contribution < 1.29 is 4.39 Å². The third-order valence-corrected chi connectivity index (χ3v) is 3.41. The molecule has 1 aromatic carbocycles. The predicted molar refractivity (Wildman–Crippen MR) is 69.9 cm³/mol. The Morgan fingerprint density at radius 1 is 1.18 bits per heavy atom. The fourth-order valence-electron chi connectivity index (χ4n) is 2.39. The van der Waals surface area contributed by atoms with Gasteiger partial charge in [-0.15, -0.1) is 0 Å². The molecule has 0 saturated carbocycles. The minimum atomic E-state index is -0.149. The lowest BCUT2D eigenvalue weighted by Gasteiger charge is -2.32. The normalized spacial score (nSPS) is 26.4. The van der Waals surface area contributed by atoms with Gasteiger partial charge in [-0.05, 0) is 44.9 Å². The number of nitrogens with one attached hydrogen (secondary N) is 1. The van der Waals surface area contributed by atoms with Crippen LogP contribution in [0.15, 0.2) is 24.3 Å². The summed E-state index contributed by atoms with van der Waals surface area (Å²) in [7, 11) is 0. The van der Waals surface area contributed by atoms with E-state index in [0.717, 1.165) is 31.6 Å². The fraction of sp³-hybridized carbons (Fsp3) is 0.571. The summed E-state index contributed by atoms with van der Waals surface area (Å²) >= 11 is 0. The molecule has 2 atom stereocenters. The zero-order chi connectivity index (χ0) is 12.3. The average Bonchev–Trinajstić information content (AvgIpc) is 2.26. The van der Waals surface area contributed by atoms with Crippen LogP contribution in [0.25, 0.3) is 0 Å². The average molecular weight is 236 g/mol. The van der Waals surface area contributed by atoms with Gasteiger partial charge in [0.1, 0.15) is 5.82 Å². The Bertz CT molecular complexity index is 355. The van der Waals surface area contributed by atoms with Gasteiger partial charge in [-0.3, -0.25) is 0 Å². The molecule has 3 heteroatoms. The van der Waals surface area contributed by atoms with Crippen molar-refractivity contribution >= 4 is 5.69 Å². The maximum absolute atomic E-state index is 13.2. The van der Waals surface area contributed by atoms with Crippen molar-refractivity contribution in [3.8, 4) is 0 Å². The predicted octanol–water partition coefficient (Wildman–Crippen LogP) is 2.79. The Morgan fingerprint density at radius 3 is 2.41 bits per heavy atom. The van der Waals surface area contributed by atoms with Crippen LogP contribution in [0.3, 0.4) is 0 Å². The van der Waals surface area contributed by atoms with Gasteiger partial charge >= 0.3 is 0 Å². The second-order valence-electron chi connectivity index (χ2n) is 5.01. The zero-order valence-corrected chi connectivity index (χ0v) is 10.6. The third-order valence-electron chi connectivity index (χ3n) is 3.41. The molecule has 1 aliphatic heterocycles. The van der Waals surface area contributed by atoms with E-state index in [0.29, 0.717) is 12.1 Å². The lowest BCUT2D eigenvalue weighted by molar-refractivity contribution is 0.404. The SMILES string of the molecule is CC1CCN(c2cccc(F)c2)CCC(C)N1. The first-order valence-corrected chi connectivity index (χ1v) is 6.41. The van der Waals surface area contributed by atoms with Crippen molar-refractivity contribution in [2.75, 3.05) is 18.0 Å². The molecule has 2 nitrogen and oxygen atoms in total. The van der Waals surface area contributed by atoms with Crippen LogP contribution >= 0.6 is 0 Å². The van der Waals surface area contributed by atoms with E-state index < -0.39 is 0 Å². The molecule has 0 spiro atoms. The molecule has 0 bridgehead atoms. The summed E-state index contributed by atoms with van der Waals surface area (Å²) in [6.07, 6.45) is 2.20. The van der Waals surface area contributed by atoms with E-state index in [2.05, 4.69) is 24.1 Å². The molecule has 0 amide bonds. The van der Waals surface area contributed by atoms with Crippen molar-refractivity contribution in [3.63, 3.8) is 0 Å². The van der Waals surface area contributed by atoms with Crippen LogP contribution in [0.4, 0.5) is 10.1 Å². The summed E-state index contributed by atoms with van der Waals surface area (Å²) in [6.45, 7) is 6.41. The summed E-state index contributed by atoms with van der Waals surface area (Å²) in [5.74, 6) is -0.149. The molecular formula is C14H21FN2. The molecule has 17 heavy (non-hydrogen) atoms. The molecule has 1 heterocycles. The van der Waals surface area contributed by atoms with E-state index in [4.69, 9.17) is 0 Å². The largest absolute Gasteiger partial charge is 0.371 e. The standard InChI is InChI=1S/C14H21FN2/c1-11-6-8-17(9-7-12(2)16-11)14-5-3-4-13(15)10-14/h3-5,10-12,16H,6-9H2,1-2H3. The number of benzene rings is 1. The first-order chi connectivity index (χ1) is 8.15. The lowest BCUT2D eigenvalue weighted by atomic mass is 10.1. The van der Waals surface area contributed by atoms with E-state index in [9.17, 15) is 4.39 Å². The Hall–Kier alpha value is -1.09. The van der Waals surface area contributed by atoms with Gasteiger partial charge in [0.2, 0.25) is 0 Å². The quantitative estimate of drug-likeness (QED) is 0.806. The summed E-state index contributed by atoms with van der Waals surface area (Å²) in [6, 6.07) is 7.97. The number of hydrogen-bond acceptors (Lipinski definition) is 2. The van der Waals surface area contributed by atoms with E-state index in [1.807, 2.05) is 6.07 Å². The van der Waals surface area contributed by atoms with Crippen LogP contribution in [-0.4, -0.2) is 25.2 Å². The molecule has 1 aliphatic rings. The van der Waals surface area contributed by atoms with Gasteiger partial charge in [-0.25, -0.2) is 4.39 Å². The number of rotatable bonds is 1. The molecule has 0 aliphatic carbocycles. The summed E-state index contributed by atoms with van der Waals surface area (Å²) in [5.41, 5.74) is 1.01. The number of nitrogens with zero attached hydrogens (tertiary/aromatic N) is 1. The molecule has 2 rings (SSSR count). The van der Waals surface area contributed by atoms with Gasteiger partial charge in [0.05, 0.1) is 0 Å². The van der Waals surface area contributed by atoms with Crippen molar-refractivity contribution in [3.05, 3.63) is 30.1 Å². The minimum absolute atomic E-state index is 0.149. The van der Waals surface area contributed by atoms with Crippen LogP contribution < -0.4 is 10.2 Å². The van der Waals surface area contributed by atoms with Gasteiger partial charge in [0, 0.05) is 30.9 Å². The highest BCUT2D eigenvalue weighted by Gasteiger charge is 2.16. The Kier molecular flexibility index (Phi) is 4.00. The highest BCUT2D eigenvalue weighted by atomic mass is 19.1. The minimum Gasteiger partial charge on any atom is -0.371 e. The van der Waals surface area contributed by atoms with Gasteiger partial charge in [0.15, 0.2) is 0 Å². The first-order valence-electron chi connectivity index (χ1n) is 6.41. The van der Waals surface area contributed by atoms with Crippen LogP contribution in [0.2, 0.25) is 0 Å². The zero-order valence-electron chi connectivity index (χ0n) is 10.6. The number of hydrogen-bond donors (Lipinski definition) is 1. The summed E-state index contributed by atoms with van der Waals surface area (Å²) < 4.78 is 13.2. The maximum Gasteiger partial charge on any atom is 0.125 e. The van der Waals surface area contributed by atoms with Gasteiger partial charge < -0.3 is 10.2 Å². The molecular weight excluding hydrogens is 215 g/mol. The molecule has 1 N–H and O–H groups in total. The third kappa shape index (κ3) is 3.43. The van der Waals surface area contributed by atoms with Crippen molar-refractivity contribution in [2.24, 2.45) is 0 Å². The van der Waals surface area contributed by atoms with E-state index >= 15 is 0 Å². The van der Waals surface area contributed by atoms with Crippen molar-refractivity contribution in [1.29, 1.82) is 0 Å². The Morgan fingerprint density at radius 2 is 1.82 bits per heavy atom. The fourth-order valence-corrected chi connectivity index (χ4v) is 2.39. The van der Waals surface area contributed by atoms with Gasteiger partial charge in [-0.2, -0.15) is 0 Å². The smallest absolute Gasteiger partial charge is 0.125 e. The second kappa shape index (κ2) is 5.50. The molecule has 94 valence electrons. The van der Waals surface area contributed by atoms with Crippen LogP contribution in [-0.2, 0) is 0 Å². The Balaban J connectivity index is 2.09. The maximum atomic E-state index is 13.2. The van der Waals surface area contributed by atoms with Crippen LogP contribution in [0, 0.1) is 5.82 Å². The summed E-state index contributed by atoms with van der Waals surface area (Å²) in [5, 5.41) is 3.56. The summed E-state index contributed by atoms with van der Waals surface area (Å²) in [4.78, 5) is 2.29. The van der Waals surface area contributed by atoms with E-state index in [1.165, 1.54) is 6.07 Å². The van der Waals surface area contributed by atoms with Crippen molar-refractivity contribution in [1.82, 2.24) is 5.32 Å². The van der Waals surface area contributed by atoms with Crippen LogP contribution in [0.5, 0.6) is 0 Å². The van der Waals surface area contributed by atoms with E-state index in [-0.39, 0.29) is 5.82 Å².